The van der Waals surface area contributed by atoms with Crippen LogP contribution in [0, 0.1) is 19.8 Å². The van der Waals surface area contributed by atoms with Crippen LogP contribution in [0.25, 0.3) is 0 Å². The molecule has 0 spiro atoms. The molecule has 0 amide bonds. The number of hydrogen-bond donors (Lipinski definition) is 1. The average Bonchev–Trinajstić information content (AvgIpc) is 3.03. The van der Waals surface area contributed by atoms with E-state index in [-0.39, 0.29) is 21.7 Å². The van der Waals surface area contributed by atoms with Gasteiger partial charge in [-0.3, -0.25) is 0 Å². The van der Waals surface area contributed by atoms with E-state index >= 15 is 0 Å². The molecule has 0 saturated heterocycles. The molecule has 55 heavy (non-hydrogen) atoms. The predicted octanol–water partition coefficient (Wildman–Crippen LogP) is 17.1. The van der Waals surface area contributed by atoms with Gasteiger partial charge in [0.15, 0.2) is 0 Å². The van der Waals surface area contributed by atoms with Gasteiger partial charge in [-0.25, -0.2) is 0 Å². The minimum atomic E-state index is -0.0341. The zero-order valence-electron chi connectivity index (χ0n) is 38.3. The van der Waals surface area contributed by atoms with Crippen LogP contribution in [0.3, 0.4) is 0 Å². The third-order valence-corrected chi connectivity index (χ3v) is 10.7. The standard InChI is InChI=1S/C46H60ClNS.C4H10.C2H6/c1-29(23-32-20-16-17-22-41(32)48-42-30(2)19-18-21-40(42)47)24-35-38(45(10,11)12)27-34(28-39(35)46(13,14)15)49-33-25-36(43(4,5)6)31(3)37(26-33)44(7,8)9;1-4(2)3;1-2/h16-22,25-28,48H,1,23-24H2,2-15H3;4H,1-3H3;1-2H3. The fraction of sp³-hybridized carbons (Fsp3) is 0.500. The third-order valence-electron chi connectivity index (χ3n) is 9.44. The minimum Gasteiger partial charge on any atom is -0.354 e. The van der Waals surface area contributed by atoms with Crippen molar-refractivity contribution in [3.8, 4) is 0 Å². The Bertz CT molecular complexity index is 1790. The molecule has 1 N–H and O–H groups in total. The Balaban J connectivity index is 0.00000163. The van der Waals surface area contributed by atoms with Crippen molar-refractivity contribution in [3.05, 3.63) is 128 Å². The lowest BCUT2D eigenvalue weighted by Gasteiger charge is -2.32. The van der Waals surface area contributed by atoms with E-state index in [1.54, 1.807) is 0 Å². The average molecular weight is 783 g/mol. The molecule has 1 nitrogen and oxygen atoms in total. The summed E-state index contributed by atoms with van der Waals surface area (Å²) in [5.41, 5.74) is 14.1. The first kappa shape index (κ1) is 48.2. The van der Waals surface area contributed by atoms with E-state index in [9.17, 15) is 0 Å². The number of allylic oxidation sites excluding steroid dienone is 1. The summed E-state index contributed by atoms with van der Waals surface area (Å²) in [6, 6.07) is 24.4. The van der Waals surface area contributed by atoms with Crippen LogP contribution >= 0.6 is 23.4 Å². The van der Waals surface area contributed by atoms with Gasteiger partial charge >= 0.3 is 0 Å². The molecule has 4 aromatic rings. The number of hydrogen-bond acceptors (Lipinski definition) is 2. The molecule has 4 aromatic carbocycles. The topological polar surface area (TPSA) is 12.0 Å². The number of benzene rings is 4. The molecule has 0 bridgehead atoms. The maximum atomic E-state index is 6.61. The first-order valence-electron chi connectivity index (χ1n) is 20.5. The van der Waals surface area contributed by atoms with Crippen LogP contribution in [0.4, 0.5) is 11.4 Å². The van der Waals surface area contributed by atoms with E-state index in [1.807, 2.05) is 37.7 Å². The lowest BCUT2D eigenvalue weighted by Crippen LogP contribution is -2.22. The summed E-state index contributed by atoms with van der Waals surface area (Å²) in [6.45, 7) is 47.7. The van der Waals surface area contributed by atoms with Crippen molar-refractivity contribution in [3.63, 3.8) is 0 Å². The first-order valence-corrected chi connectivity index (χ1v) is 21.7. The van der Waals surface area contributed by atoms with Crippen molar-refractivity contribution < 1.29 is 0 Å². The van der Waals surface area contributed by atoms with Gasteiger partial charge in [-0.05, 0) is 135 Å². The Labute approximate surface area is 348 Å². The Kier molecular flexibility index (Phi) is 17.1. The monoisotopic (exact) mass is 782 g/mol. The van der Waals surface area contributed by atoms with Gasteiger partial charge in [-0.15, -0.1) is 0 Å². The van der Waals surface area contributed by atoms with Gasteiger partial charge in [0.25, 0.3) is 0 Å². The molecule has 3 heteroatoms. The number of nitrogens with one attached hydrogen (secondary N) is 1. The highest BCUT2D eigenvalue weighted by molar-refractivity contribution is 7.99. The molecule has 0 heterocycles. The predicted molar refractivity (Wildman–Crippen MR) is 251 cm³/mol. The van der Waals surface area contributed by atoms with Crippen molar-refractivity contribution >= 4 is 34.7 Å². The van der Waals surface area contributed by atoms with E-state index in [1.165, 1.54) is 54.3 Å². The van der Waals surface area contributed by atoms with Crippen LogP contribution < -0.4 is 5.32 Å². The van der Waals surface area contributed by atoms with Crippen LogP contribution in [0.2, 0.25) is 5.02 Å². The molecule has 0 aliphatic heterocycles. The second-order valence-corrected chi connectivity index (χ2v) is 21.3. The number of rotatable bonds is 8. The third kappa shape index (κ3) is 13.9. The maximum Gasteiger partial charge on any atom is 0.0643 e. The molecule has 0 aliphatic carbocycles. The second kappa shape index (κ2) is 19.5. The Morgan fingerprint density at radius 3 is 1.47 bits per heavy atom. The maximum absolute atomic E-state index is 6.61. The SMILES string of the molecule is C=C(Cc1ccccc1Nc1c(C)cccc1Cl)Cc1c(C(C)(C)C)cc(Sc2cc(C(C)(C)C)c(C)c(C(C)(C)C)c2)cc1C(C)(C)C.CC.CC(C)C. The second-order valence-electron chi connectivity index (χ2n) is 19.8. The molecule has 0 radical (unpaired) electrons. The van der Waals surface area contributed by atoms with E-state index in [0.717, 1.165) is 40.7 Å². The zero-order valence-corrected chi connectivity index (χ0v) is 39.9. The van der Waals surface area contributed by atoms with Gasteiger partial charge in [-0.2, -0.15) is 0 Å². The lowest BCUT2D eigenvalue weighted by molar-refractivity contribution is 0.554. The van der Waals surface area contributed by atoms with Crippen LogP contribution in [-0.2, 0) is 34.5 Å². The highest BCUT2D eigenvalue weighted by Crippen LogP contribution is 2.43. The summed E-state index contributed by atoms with van der Waals surface area (Å²) in [7, 11) is 0. The molecule has 302 valence electrons. The molecule has 0 fully saturated rings. The van der Waals surface area contributed by atoms with Crippen molar-refractivity contribution in [1.29, 1.82) is 0 Å². The smallest absolute Gasteiger partial charge is 0.0643 e. The molecular formula is C52H76ClNS. The van der Waals surface area contributed by atoms with Gasteiger partial charge in [0.1, 0.15) is 0 Å². The van der Waals surface area contributed by atoms with Gasteiger partial charge < -0.3 is 5.32 Å². The van der Waals surface area contributed by atoms with Crippen molar-refractivity contribution in [1.82, 2.24) is 0 Å². The summed E-state index contributed by atoms with van der Waals surface area (Å²) in [6.07, 6.45) is 1.61. The summed E-state index contributed by atoms with van der Waals surface area (Å²) in [5.74, 6) is 0.833. The fourth-order valence-corrected chi connectivity index (χ4v) is 8.23. The summed E-state index contributed by atoms with van der Waals surface area (Å²) < 4.78 is 0. The van der Waals surface area contributed by atoms with Crippen LogP contribution in [0.5, 0.6) is 0 Å². The summed E-state index contributed by atoms with van der Waals surface area (Å²) in [4.78, 5) is 2.62. The normalized spacial score (nSPS) is 12.1. The minimum absolute atomic E-state index is 0.0341. The van der Waals surface area contributed by atoms with Gasteiger partial charge in [0.05, 0.1) is 10.7 Å². The van der Waals surface area contributed by atoms with Crippen LogP contribution in [0.15, 0.2) is 88.7 Å². The van der Waals surface area contributed by atoms with Crippen molar-refractivity contribution in [2.24, 2.45) is 5.92 Å². The lowest BCUT2D eigenvalue weighted by atomic mass is 9.74. The van der Waals surface area contributed by atoms with Gasteiger partial charge in [0, 0.05) is 15.5 Å². The summed E-state index contributed by atoms with van der Waals surface area (Å²) >= 11 is 8.52. The van der Waals surface area contributed by atoms with Gasteiger partial charge in [0.2, 0.25) is 0 Å². The first-order chi connectivity index (χ1) is 25.2. The zero-order chi connectivity index (χ0) is 42.3. The fourth-order valence-electron chi connectivity index (χ4n) is 6.98. The van der Waals surface area contributed by atoms with E-state index in [2.05, 4.69) is 184 Å². The molecule has 0 atom stereocenters. The number of aryl methyl sites for hydroxylation is 1. The number of anilines is 2. The number of halogens is 1. The quantitative estimate of drug-likeness (QED) is 0.179. The molecular weight excluding hydrogens is 706 g/mol. The largest absolute Gasteiger partial charge is 0.354 e. The summed E-state index contributed by atoms with van der Waals surface area (Å²) in [5, 5.41) is 4.36. The highest BCUT2D eigenvalue weighted by Gasteiger charge is 2.29. The Hall–Kier alpha value is -2.94. The molecule has 0 aromatic heterocycles. The molecule has 0 saturated carbocycles. The highest BCUT2D eigenvalue weighted by atomic mass is 35.5. The molecule has 0 aliphatic rings. The Morgan fingerprint density at radius 2 is 1.05 bits per heavy atom. The van der Waals surface area contributed by atoms with Crippen LogP contribution in [-0.4, -0.2) is 0 Å². The van der Waals surface area contributed by atoms with E-state index < -0.39 is 0 Å². The van der Waals surface area contributed by atoms with E-state index in [0.29, 0.717) is 0 Å². The van der Waals surface area contributed by atoms with Gasteiger partial charge in [-0.1, -0.05) is 184 Å². The molecule has 0 unspecified atom stereocenters. The van der Waals surface area contributed by atoms with Crippen molar-refractivity contribution in [2.75, 3.05) is 5.32 Å². The van der Waals surface area contributed by atoms with Crippen molar-refractivity contribution in [2.45, 2.75) is 176 Å². The molecule has 4 rings (SSSR count). The Morgan fingerprint density at radius 1 is 0.636 bits per heavy atom. The van der Waals surface area contributed by atoms with Crippen LogP contribution in [0.1, 0.15) is 162 Å². The van der Waals surface area contributed by atoms with E-state index in [4.69, 9.17) is 11.6 Å². The number of para-hydroxylation sites is 2.